The number of nitrogens with zero attached hydrogens (tertiary/aromatic N) is 2. The number of aryl methyl sites for hydroxylation is 3. The molecule has 0 bridgehead atoms. The van der Waals surface area contributed by atoms with Gasteiger partial charge in [-0.3, -0.25) is 9.59 Å². The van der Waals surface area contributed by atoms with Gasteiger partial charge in [0, 0.05) is 22.3 Å². The zero-order valence-corrected chi connectivity index (χ0v) is 16.2. The van der Waals surface area contributed by atoms with E-state index in [9.17, 15) is 9.59 Å². The van der Waals surface area contributed by atoms with E-state index in [1.54, 1.807) is 18.2 Å². The van der Waals surface area contributed by atoms with Crippen molar-refractivity contribution >= 4 is 23.2 Å². The summed E-state index contributed by atoms with van der Waals surface area (Å²) in [6, 6.07) is 14.4. The Bertz CT molecular complexity index is 1070. The summed E-state index contributed by atoms with van der Waals surface area (Å²) in [7, 11) is 0. The van der Waals surface area contributed by atoms with Crippen molar-refractivity contribution < 1.29 is 4.79 Å². The maximum absolute atomic E-state index is 12.4. The van der Waals surface area contributed by atoms with E-state index in [1.807, 2.05) is 45.0 Å². The van der Waals surface area contributed by atoms with Crippen molar-refractivity contribution in [3.63, 3.8) is 0 Å². The maximum Gasteiger partial charge on any atom is 0.267 e. The topological polar surface area (TPSA) is 64.0 Å². The molecular formula is C21H20ClN3O2. The summed E-state index contributed by atoms with van der Waals surface area (Å²) in [4.78, 5) is 24.6. The standard InChI is InChI=1S/C21H20ClN3O2/c1-13-4-5-14(2)17(10-13)18-8-9-21(27)25(24-18)12-20(26)23-19-11-16(22)7-6-15(19)3/h4-11H,12H2,1-3H3,(H,23,26). The molecule has 5 nitrogen and oxygen atoms in total. The van der Waals surface area contributed by atoms with Crippen LogP contribution < -0.4 is 10.9 Å². The monoisotopic (exact) mass is 381 g/mol. The fraction of sp³-hybridized carbons (Fsp3) is 0.190. The molecule has 0 aliphatic carbocycles. The van der Waals surface area contributed by atoms with E-state index in [1.165, 1.54) is 10.7 Å². The largest absolute Gasteiger partial charge is 0.324 e. The highest BCUT2D eigenvalue weighted by Gasteiger charge is 2.11. The second-order valence-corrected chi connectivity index (χ2v) is 6.98. The molecule has 1 heterocycles. The molecule has 1 amide bonds. The first-order valence-corrected chi connectivity index (χ1v) is 8.93. The van der Waals surface area contributed by atoms with Crippen LogP contribution in [0.3, 0.4) is 0 Å². The van der Waals surface area contributed by atoms with Crippen molar-refractivity contribution in [2.45, 2.75) is 27.3 Å². The van der Waals surface area contributed by atoms with Crippen molar-refractivity contribution in [3.8, 4) is 11.3 Å². The lowest BCUT2D eigenvalue weighted by Gasteiger charge is -2.11. The van der Waals surface area contributed by atoms with Gasteiger partial charge in [0.05, 0.1) is 5.69 Å². The predicted molar refractivity (Wildman–Crippen MR) is 108 cm³/mol. The Morgan fingerprint density at radius 3 is 2.56 bits per heavy atom. The lowest BCUT2D eigenvalue weighted by atomic mass is 10.0. The molecular weight excluding hydrogens is 362 g/mol. The molecule has 0 atom stereocenters. The first-order chi connectivity index (χ1) is 12.8. The number of amides is 1. The third-order valence-electron chi connectivity index (χ3n) is 4.30. The van der Waals surface area contributed by atoms with Crippen LogP contribution in [0.4, 0.5) is 5.69 Å². The molecule has 0 saturated carbocycles. The number of anilines is 1. The Kier molecular flexibility index (Phi) is 5.42. The van der Waals surface area contributed by atoms with Crippen molar-refractivity contribution in [3.05, 3.63) is 80.6 Å². The third-order valence-corrected chi connectivity index (χ3v) is 4.54. The first kappa shape index (κ1) is 18.9. The van der Waals surface area contributed by atoms with Crippen LogP contribution in [0.25, 0.3) is 11.3 Å². The summed E-state index contributed by atoms with van der Waals surface area (Å²) in [6.07, 6.45) is 0. The van der Waals surface area contributed by atoms with Crippen molar-refractivity contribution in [1.29, 1.82) is 0 Å². The number of hydrogen-bond acceptors (Lipinski definition) is 3. The molecule has 3 rings (SSSR count). The molecule has 0 unspecified atom stereocenters. The molecule has 0 fully saturated rings. The summed E-state index contributed by atoms with van der Waals surface area (Å²) in [5.41, 5.74) is 4.92. The Balaban J connectivity index is 1.86. The van der Waals surface area contributed by atoms with Crippen LogP contribution in [0.15, 0.2) is 53.3 Å². The Morgan fingerprint density at radius 1 is 1.04 bits per heavy atom. The summed E-state index contributed by atoms with van der Waals surface area (Å²) in [6.45, 7) is 5.68. The normalized spacial score (nSPS) is 10.7. The molecule has 2 aromatic carbocycles. The predicted octanol–water partition coefficient (Wildman–Crippen LogP) is 4.13. The average Bonchev–Trinajstić information content (AvgIpc) is 2.62. The van der Waals surface area contributed by atoms with Gasteiger partial charge in [-0.2, -0.15) is 5.10 Å². The zero-order valence-electron chi connectivity index (χ0n) is 15.4. The van der Waals surface area contributed by atoms with Gasteiger partial charge in [0.1, 0.15) is 6.54 Å². The van der Waals surface area contributed by atoms with E-state index >= 15 is 0 Å². The molecule has 3 aromatic rings. The fourth-order valence-corrected chi connectivity index (χ4v) is 2.94. The number of aromatic nitrogens is 2. The van der Waals surface area contributed by atoms with Gasteiger partial charge in [0.2, 0.25) is 5.91 Å². The maximum atomic E-state index is 12.4. The Morgan fingerprint density at radius 2 is 1.78 bits per heavy atom. The van der Waals surface area contributed by atoms with Crippen molar-refractivity contribution in [2.24, 2.45) is 0 Å². The first-order valence-electron chi connectivity index (χ1n) is 8.55. The molecule has 0 spiro atoms. The van der Waals surface area contributed by atoms with Gasteiger partial charge in [0.25, 0.3) is 5.56 Å². The average molecular weight is 382 g/mol. The van der Waals surface area contributed by atoms with Crippen LogP contribution in [-0.2, 0) is 11.3 Å². The number of nitrogens with one attached hydrogen (secondary N) is 1. The minimum absolute atomic E-state index is 0.177. The number of benzene rings is 2. The quantitative estimate of drug-likeness (QED) is 0.739. The zero-order chi connectivity index (χ0) is 19.6. The van der Waals surface area contributed by atoms with Gasteiger partial charge < -0.3 is 5.32 Å². The molecule has 1 aromatic heterocycles. The second-order valence-electron chi connectivity index (χ2n) is 6.54. The molecule has 0 aliphatic rings. The number of carbonyl (C=O) groups is 1. The van der Waals surface area contributed by atoms with E-state index in [0.29, 0.717) is 16.4 Å². The van der Waals surface area contributed by atoms with Crippen LogP contribution in [-0.4, -0.2) is 15.7 Å². The molecule has 0 radical (unpaired) electrons. The second kappa shape index (κ2) is 7.76. The Labute approximate surface area is 162 Å². The number of halogens is 1. The summed E-state index contributed by atoms with van der Waals surface area (Å²) in [5.74, 6) is -0.340. The van der Waals surface area contributed by atoms with Crippen LogP contribution in [0, 0.1) is 20.8 Å². The van der Waals surface area contributed by atoms with Crippen LogP contribution >= 0.6 is 11.6 Å². The Hall–Kier alpha value is -2.92. The lowest BCUT2D eigenvalue weighted by molar-refractivity contribution is -0.117. The molecule has 0 aliphatic heterocycles. The number of carbonyl (C=O) groups excluding carboxylic acids is 1. The van der Waals surface area contributed by atoms with E-state index in [-0.39, 0.29) is 18.0 Å². The molecule has 27 heavy (non-hydrogen) atoms. The van der Waals surface area contributed by atoms with Crippen LogP contribution in [0.2, 0.25) is 5.02 Å². The number of rotatable bonds is 4. The van der Waals surface area contributed by atoms with Crippen LogP contribution in [0.5, 0.6) is 0 Å². The van der Waals surface area contributed by atoms with Crippen LogP contribution in [0.1, 0.15) is 16.7 Å². The van der Waals surface area contributed by atoms with Gasteiger partial charge in [-0.05, 0) is 56.2 Å². The summed E-state index contributed by atoms with van der Waals surface area (Å²) < 4.78 is 1.17. The van der Waals surface area contributed by atoms with Gasteiger partial charge in [-0.1, -0.05) is 35.4 Å². The van der Waals surface area contributed by atoms with Gasteiger partial charge in [-0.15, -0.1) is 0 Å². The minimum Gasteiger partial charge on any atom is -0.324 e. The van der Waals surface area contributed by atoms with E-state index < -0.39 is 0 Å². The van der Waals surface area contributed by atoms with Gasteiger partial charge in [0.15, 0.2) is 0 Å². The molecule has 1 N–H and O–H groups in total. The molecule has 0 saturated heterocycles. The third kappa shape index (κ3) is 4.44. The SMILES string of the molecule is Cc1ccc(C)c(-c2ccc(=O)n(CC(=O)Nc3cc(Cl)ccc3C)n2)c1. The highest BCUT2D eigenvalue weighted by Crippen LogP contribution is 2.22. The van der Waals surface area contributed by atoms with E-state index in [4.69, 9.17) is 11.6 Å². The van der Waals surface area contributed by atoms with Gasteiger partial charge >= 0.3 is 0 Å². The highest BCUT2D eigenvalue weighted by molar-refractivity contribution is 6.31. The highest BCUT2D eigenvalue weighted by atomic mass is 35.5. The smallest absolute Gasteiger partial charge is 0.267 e. The fourth-order valence-electron chi connectivity index (χ4n) is 2.77. The van der Waals surface area contributed by atoms with Crippen molar-refractivity contribution in [1.82, 2.24) is 9.78 Å². The number of hydrogen-bond donors (Lipinski definition) is 1. The molecule has 6 heteroatoms. The summed E-state index contributed by atoms with van der Waals surface area (Å²) >= 11 is 5.98. The van der Waals surface area contributed by atoms with E-state index in [2.05, 4.69) is 10.4 Å². The van der Waals surface area contributed by atoms with E-state index in [0.717, 1.165) is 22.3 Å². The van der Waals surface area contributed by atoms with Gasteiger partial charge in [-0.25, -0.2) is 4.68 Å². The van der Waals surface area contributed by atoms with Crippen molar-refractivity contribution in [2.75, 3.05) is 5.32 Å². The summed E-state index contributed by atoms with van der Waals surface area (Å²) in [5, 5.41) is 7.70. The minimum atomic E-state index is -0.340. The molecule has 138 valence electrons. The lowest BCUT2D eigenvalue weighted by Crippen LogP contribution is -2.29.